The number of carbonyl (C=O) groups excluding carboxylic acids is 1. The van der Waals surface area contributed by atoms with Crippen LogP contribution in [-0.2, 0) is 0 Å². The van der Waals surface area contributed by atoms with Crippen molar-refractivity contribution in [2.24, 2.45) is 10.9 Å². The summed E-state index contributed by atoms with van der Waals surface area (Å²) < 4.78 is 13.4. The van der Waals surface area contributed by atoms with Crippen LogP contribution in [0.4, 0.5) is 4.39 Å². The van der Waals surface area contributed by atoms with E-state index < -0.39 is 0 Å². The summed E-state index contributed by atoms with van der Waals surface area (Å²) in [5, 5.41) is 9.08. The van der Waals surface area contributed by atoms with E-state index in [-0.39, 0.29) is 11.7 Å². The number of carbonyl (C=O) groups is 1. The highest BCUT2D eigenvalue weighted by atomic mass is 19.1. The smallest absolute Gasteiger partial charge is 0.251 e. The maximum absolute atomic E-state index is 13.4. The lowest BCUT2D eigenvalue weighted by molar-refractivity contribution is 0.0954. The van der Waals surface area contributed by atoms with Gasteiger partial charge in [-0.25, -0.2) is 4.39 Å². The normalized spacial score (nSPS) is 11.5. The second-order valence-corrected chi connectivity index (χ2v) is 5.83. The van der Waals surface area contributed by atoms with Crippen LogP contribution in [0.2, 0.25) is 0 Å². The van der Waals surface area contributed by atoms with Gasteiger partial charge < -0.3 is 16.0 Å². The van der Waals surface area contributed by atoms with Crippen LogP contribution in [0.15, 0.2) is 23.2 Å². The Hall–Kier alpha value is -2.11. The van der Waals surface area contributed by atoms with Crippen molar-refractivity contribution in [1.29, 1.82) is 0 Å². The van der Waals surface area contributed by atoms with Gasteiger partial charge in [0, 0.05) is 32.2 Å². The van der Waals surface area contributed by atoms with Gasteiger partial charge in [0.2, 0.25) is 0 Å². The summed E-state index contributed by atoms with van der Waals surface area (Å²) in [7, 11) is 1.71. The third kappa shape index (κ3) is 7.13. The number of rotatable bonds is 7. The molecule has 1 aromatic carbocycles. The molecule has 6 heteroatoms. The van der Waals surface area contributed by atoms with Crippen molar-refractivity contribution in [3.63, 3.8) is 0 Å². The first-order chi connectivity index (χ1) is 10.9. The van der Waals surface area contributed by atoms with Crippen LogP contribution in [0, 0.1) is 18.7 Å². The molecule has 23 heavy (non-hydrogen) atoms. The van der Waals surface area contributed by atoms with Crippen molar-refractivity contribution in [1.82, 2.24) is 16.0 Å². The Morgan fingerprint density at radius 2 is 1.83 bits per heavy atom. The van der Waals surface area contributed by atoms with Gasteiger partial charge in [-0.3, -0.25) is 9.79 Å². The molecule has 128 valence electrons. The molecule has 5 nitrogen and oxygen atoms in total. The Morgan fingerprint density at radius 1 is 1.17 bits per heavy atom. The van der Waals surface area contributed by atoms with Crippen LogP contribution >= 0.6 is 0 Å². The Kier molecular flexibility index (Phi) is 8.08. The molecule has 0 bridgehead atoms. The Bertz CT molecular complexity index is 543. The average molecular weight is 322 g/mol. The summed E-state index contributed by atoms with van der Waals surface area (Å²) in [4.78, 5) is 16.0. The fourth-order valence-electron chi connectivity index (χ4n) is 1.89. The van der Waals surface area contributed by atoms with Gasteiger partial charge in [0.15, 0.2) is 5.96 Å². The highest BCUT2D eigenvalue weighted by Crippen LogP contribution is 2.08. The van der Waals surface area contributed by atoms with Crippen LogP contribution in [-0.4, -0.2) is 38.5 Å². The van der Waals surface area contributed by atoms with E-state index in [1.165, 1.54) is 6.07 Å². The van der Waals surface area contributed by atoms with Gasteiger partial charge in [0.25, 0.3) is 5.91 Å². The zero-order valence-electron chi connectivity index (χ0n) is 14.4. The fraction of sp³-hybridized carbons (Fsp3) is 0.529. The van der Waals surface area contributed by atoms with E-state index in [0.29, 0.717) is 36.1 Å². The van der Waals surface area contributed by atoms with Crippen molar-refractivity contribution >= 4 is 11.9 Å². The van der Waals surface area contributed by atoms with Gasteiger partial charge in [-0.05, 0) is 37.0 Å². The third-order valence-electron chi connectivity index (χ3n) is 3.37. The highest BCUT2D eigenvalue weighted by Gasteiger charge is 2.07. The molecule has 1 rings (SSSR count). The maximum Gasteiger partial charge on any atom is 0.251 e. The van der Waals surface area contributed by atoms with Gasteiger partial charge in [-0.15, -0.1) is 0 Å². The van der Waals surface area contributed by atoms with Crippen molar-refractivity contribution < 1.29 is 9.18 Å². The topological polar surface area (TPSA) is 65.5 Å². The molecule has 1 amide bonds. The number of aliphatic imine (C=N–C) groups is 1. The first kappa shape index (κ1) is 18.9. The number of benzene rings is 1. The van der Waals surface area contributed by atoms with Gasteiger partial charge in [0.1, 0.15) is 5.82 Å². The molecule has 0 aliphatic heterocycles. The highest BCUT2D eigenvalue weighted by molar-refractivity contribution is 5.94. The second-order valence-electron chi connectivity index (χ2n) is 5.83. The molecule has 0 aromatic heterocycles. The number of hydrogen-bond acceptors (Lipinski definition) is 2. The van der Waals surface area contributed by atoms with E-state index in [1.54, 1.807) is 26.1 Å². The van der Waals surface area contributed by atoms with Crippen molar-refractivity contribution in [3.05, 3.63) is 35.1 Å². The monoisotopic (exact) mass is 322 g/mol. The zero-order chi connectivity index (χ0) is 17.2. The molecule has 0 heterocycles. The van der Waals surface area contributed by atoms with Gasteiger partial charge in [0.05, 0.1) is 0 Å². The molecule has 1 aromatic rings. The molecule has 0 atom stereocenters. The summed E-state index contributed by atoms with van der Waals surface area (Å²) in [6.07, 6.45) is 1.07. The number of guanidine groups is 1. The van der Waals surface area contributed by atoms with E-state index in [4.69, 9.17) is 0 Å². The molecule has 0 unspecified atom stereocenters. The lowest BCUT2D eigenvalue weighted by atomic mass is 10.1. The lowest BCUT2D eigenvalue weighted by Gasteiger charge is -2.13. The number of aryl methyl sites for hydroxylation is 1. The van der Waals surface area contributed by atoms with Crippen LogP contribution in [0.1, 0.15) is 36.2 Å². The van der Waals surface area contributed by atoms with Gasteiger partial charge in [-0.1, -0.05) is 19.9 Å². The number of nitrogens with one attached hydrogen (secondary N) is 3. The number of nitrogens with zero attached hydrogens (tertiary/aromatic N) is 1. The number of halogens is 1. The summed E-state index contributed by atoms with van der Waals surface area (Å²) in [6.45, 7) is 7.83. The van der Waals surface area contributed by atoms with Crippen molar-refractivity contribution in [2.75, 3.05) is 26.7 Å². The van der Waals surface area contributed by atoms with E-state index in [1.807, 2.05) is 0 Å². The Balaban J connectivity index is 2.30. The predicted molar refractivity (Wildman–Crippen MR) is 92.3 cm³/mol. The molecular formula is C17H27FN4O. The molecule has 0 spiro atoms. The molecule has 0 saturated carbocycles. The molecule has 0 radical (unpaired) electrons. The van der Waals surface area contributed by atoms with E-state index in [9.17, 15) is 9.18 Å². The summed E-state index contributed by atoms with van der Waals surface area (Å²) >= 11 is 0. The SMILES string of the molecule is CN=C(NCCNC(=O)c1ccc(C)c(F)c1)NCCC(C)C. The minimum absolute atomic E-state index is 0.284. The van der Waals surface area contributed by atoms with Gasteiger partial charge in [-0.2, -0.15) is 0 Å². The fourth-order valence-corrected chi connectivity index (χ4v) is 1.89. The van der Waals surface area contributed by atoms with Crippen LogP contribution in [0.25, 0.3) is 0 Å². The first-order valence-electron chi connectivity index (χ1n) is 7.93. The van der Waals surface area contributed by atoms with Crippen LogP contribution in [0.3, 0.4) is 0 Å². The Labute approximate surface area is 137 Å². The van der Waals surface area contributed by atoms with E-state index >= 15 is 0 Å². The maximum atomic E-state index is 13.4. The van der Waals surface area contributed by atoms with Crippen LogP contribution < -0.4 is 16.0 Å². The first-order valence-corrected chi connectivity index (χ1v) is 7.93. The van der Waals surface area contributed by atoms with Crippen LogP contribution in [0.5, 0.6) is 0 Å². The second kappa shape index (κ2) is 9.82. The molecule has 3 N–H and O–H groups in total. The van der Waals surface area contributed by atoms with Gasteiger partial charge >= 0.3 is 0 Å². The minimum Gasteiger partial charge on any atom is -0.356 e. The summed E-state index contributed by atoms with van der Waals surface area (Å²) in [6, 6.07) is 4.47. The number of hydrogen-bond donors (Lipinski definition) is 3. The third-order valence-corrected chi connectivity index (χ3v) is 3.37. The lowest BCUT2D eigenvalue weighted by Crippen LogP contribution is -2.42. The minimum atomic E-state index is -0.370. The molecular weight excluding hydrogens is 295 g/mol. The molecule has 0 aliphatic rings. The predicted octanol–water partition coefficient (Wildman–Crippen LogP) is 2.08. The van der Waals surface area contributed by atoms with Crippen molar-refractivity contribution in [3.8, 4) is 0 Å². The average Bonchev–Trinajstić information content (AvgIpc) is 2.51. The standard InChI is InChI=1S/C17H27FN4O/c1-12(2)7-8-21-17(19-4)22-10-9-20-16(23)14-6-5-13(3)15(18)11-14/h5-6,11-12H,7-10H2,1-4H3,(H,20,23)(H2,19,21,22). The largest absolute Gasteiger partial charge is 0.356 e. The molecule has 0 saturated heterocycles. The summed E-state index contributed by atoms with van der Waals surface area (Å²) in [5.41, 5.74) is 0.854. The van der Waals surface area contributed by atoms with E-state index in [0.717, 1.165) is 13.0 Å². The molecule has 0 aliphatic carbocycles. The molecule has 0 fully saturated rings. The number of amides is 1. The summed E-state index contributed by atoms with van der Waals surface area (Å²) in [5.74, 6) is 0.690. The Morgan fingerprint density at radius 3 is 2.43 bits per heavy atom. The zero-order valence-corrected chi connectivity index (χ0v) is 14.4. The quantitative estimate of drug-likeness (QED) is 0.409. The van der Waals surface area contributed by atoms with E-state index in [2.05, 4.69) is 34.8 Å². The van der Waals surface area contributed by atoms with Crippen molar-refractivity contribution in [2.45, 2.75) is 27.2 Å².